The number of anilines is 2. The molecule has 0 saturated heterocycles. The van der Waals surface area contributed by atoms with Gasteiger partial charge in [0.05, 0.1) is 6.20 Å². The molecule has 2 N–H and O–H groups in total. The number of nitrogens with zero attached hydrogens (tertiary/aromatic N) is 4. The van der Waals surface area contributed by atoms with Gasteiger partial charge in [-0.2, -0.15) is 0 Å². The zero-order valence-corrected chi connectivity index (χ0v) is 12.0. The molecular formula is C15H18N6. The monoisotopic (exact) mass is 282 g/mol. The molecule has 0 atom stereocenters. The topological polar surface area (TPSA) is 67.1 Å². The Balaban J connectivity index is 1.74. The van der Waals surface area contributed by atoms with Crippen molar-refractivity contribution in [3.8, 4) is 0 Å². The molecule has 0 aliphatic carbocycles. The van der Waals surface area contributed by atoms with E-state index in [4.69, 9.17) is 0 Å². The Bertz CT molecular complexity index is 707. The molecule has 6 nitrogen and oxygen atoms in total. The third kappa shape index (κ3) is 3.10. The molecule has 0 bridgehead atoms. The second-order valence-electron chi connectivity index (χ2n) is 4.66. The van der Waals surface area contributed by atoms with Gasteiger partial charge in [0, 0.05) is 43.8 Å². The van der Waals surface area contributed by atoms with Crippen molar-refractivity contribution in [3.63, 3.8) is 0 Å². The lowest BCUT2D eigenvalue weighted by Gasteiger charge is -2.10. The molecule has 0 saturated carbocycles. The van der Waals surface area contributed by atoms with Crippen LogP contribution in [0.25, 0.3) is 5.65 Å². The van der Waals surface area contributed by atoms with E-state index >= 15 is 0 Å². The summed E-state index contributed by atoms with van der Waals surface area (Å²) in [6.45, 7) is 3.65. The number of imidazole rings is 1. The fourth-order valence-corrected chi connectivity index (χ4v) is 2.17. The molecule has 3 heterocycles. The summed E-state index contributed by atoms with van der Waals surface area (Å²) in [6.07, 6.45) is 8.29. The molecule has 0 unspecified atom stereocenters. The zero-order chi connectivity index (χ0) is 14.5. The van der Waals surface area contributed by atoms with Crippen molar-refractivity contribution in [2.75, 3.05) is 23.7 Å². The number of fused-ring (bicyclic) bond motifs is 1. The molecule has 0 amide bonds. The van der Waals surface area contributed by atoms with Crippen molar-refractivity contribution < 1.29 is 0 Å². The first-order valence-corrected chi connectivity index (χ1v) is 7.08. The Kier molecular flexibility index (Phi) is 3.95. The van der Waals surface area contributed by atoms with E-state index in [0.717, 1.165) is 42.5 Å². The SMILES string of the molecule is CCNc1cn2ccnc2c(NCCc2ccccn2)n1. The van der Waals surface area contributed by atoms with Crippen LogP contribution in [-0.2, 0) is 6.42 Å². The number of hydrogen-bond acceptors (Lipinski definition) is 5. The van der Waals surface area contributed by atoms with Gasteiger partial charge in [0.1, 0.15) is 5.82 Å². The Morgan fingerprint density at radius 1 is 1.14 bits per heavy atom. The van der Waals surface area contributed by atoms with Gasteiger partial charge in [-0.05, 0) is 19.1 Å². The summed E-state index contributed by atoms with van der Waals surface area (Å²) in [6, 6.07) is 5.95. The lowest BCUT2D eigenvalue weighted by atomic mass is 10.3. The minimum atomic E-state index is 0.766. The highest BCUT2D eigenvalue weighted by Gasteiger charge is 2.06. The number of aromatic nitrogens is 4. The van der Waals surface area contributed by atoms with Crippen molar-refractivity contribution in [2.45, 2.75) is 13.3 Å². The van der Waals surface area contributed by atoms with E-state index in [-0.39, 0.29) is 0 Å². The average molecular weight is 282 g/mol. The summed E-state index contributed by atoms with van der Waals surface area (Å²) >= 11 is 0. The van der Waals surface area contributed by atoms with Crippen molar-refractivity contribution >= 4 is 17.3 Å². The molecule has 3 rings (SSSR count). The van der Waals surface area contributed by atoms with Crippen LogP contribution in [-0.4, -0.2) is 32.4 Å². The summed E-state index contributed by atoms with van der Waals surface area (Å²) < 4.78 is 1.97. The predicted octanol–water partition coefficient (Wildman–Crippen LogP) is 2.21. The molecule has 3 aromatic rings. The second-order valence-corrected chi connectivity index (χ2v) is 4.66. The summed E-state index contributed by atoms with van der Waals surface area (Å²) in [7, 11) is 0. The molecule has 0 radical (unpaired) electrons. The van der Waals surface area contributed by atoms with E-state index in [9.17, 15) is 0 Å². The first-order valence-electron chi connectivity index (χ1n) is 7.08. The van der Waals surface area contributed by atoms with Gasteiger partial charge in [0.25, 0.3) is 0 Å². The quantitative estimate of drug-likeness (QED) is 0.725. The standard InChI is InChI=1S/C15H18N6/c1-2-16-13-11-21-10-9-19-15(21)14(20-13)18-8-6-12-5-3-4-7-17-12/h3-5,7,9-11,16H,2,6,8H2,1H3,(H,18,20). The first-order chi connectivity index (χ1) is 10.4. The van der Waals surface area contributed by atoms with E-state index in [1.807, 2.05) is 48.1 Å². The van der Waals surface area contributed by atoms with Gasteiger partial charge < -0.3 is 15.0 Å². The van der Waals surface area contributed by atoms with E-state index in [0.29, 0.717) is 0 Å². The van der Waals surface area contributed by atoms with E-state index in [1.54, 1.807) is 6.20 Å². The van der Waals surface area contributed by atoms with Gasteiger partial charge in [-0.25, -0.2) is 9.97 Å². The highest BCUT2D eigenvalue weighted by molar-refractivity contribution is 5.65. The van der Waals surface area contributed by atoms with Crippen LogP contribution in [0.1, 0.15) is 12.6 Å². The number of rotatable bonds is 6. The number of hydrogen-bond donors (Lipinski definition) is 2. The molecule has 0 aromatic carbocycles. The van der Waals surface area contributed by atoms with Gasteiger partial charge in [0.2, 0.25) is 0 Å². The normalized spacial score (nSPS) is 10.7. The molecule has 21 heavy (non-hydrogen) atoms. The minimum Gasteiger partial charge on any atom is -0.369 e. The molecule has 0 aliphatic heterocycles. The Labute approximate surface area is 123 Å². The van der Waals surface area contributed by atoms with E-state index in [1.165, 1.54) is 0 Å². The van der Waals surface area contributed by atoms with Crippen LogP contribution >= 0.6 is 0 Å². The van der Waals surface area contributed by atoms with Crippen molar-refractivity contribution in [3.05, 3.63) is 48.7 Å². The van der Waals surface area contributed by atoms with Crippen LogP contribution in [0.4, 0.5) is 11.6 Å². The van der Waals surface area contributed by atoms with Gasteiger partial charge >= 0.3 is 0 Å². The fraction of sp³-hybridized carbons (Fsp3) is 0.267. The van der Waals surface area contributed by atoms with Gasteiger partial charge in [-0.1, -0.05) is 6.07 Å². The smallest absolute Gasteiger partial charge is 0.180 e. The molecule has 0 spiro atoms. The summed E-state index contributed by atoms with van der Waals surface area (Å²) in [5.41, 5.74) is 1.89. The van der Waals surface area contributed by atoms with Crippen molar-refractivity contribution in [1.82, 2.24) is 19.4 Å². The Morgan fingerprint density at radius 2 is 2.10 bits per heavy atom. The van der Waals surface area contributed by atoms with Gasteiger partial charge in [0.15, 0.2) is 11.5 Å². The van der Waals surface area contributed by atoms with E-state index < -0.39 is 0 Å². The highest BCUT2D eigenvalue weighted by atomic mass is 15.1. The Morgan fingerprint density at radius 3 is 2.90 bits per heavy atom. The first kappa shape index (κ1) is 13.4. The summed E-state index contributed by atoms with van der Waals surface area (Å²) in [4.78, 5) is 13.2. The third-order valence-electron chi connectivity index (χ3n) is 3.13. The molecular weight excluding hydrogens is 264 g/mol. The minimum absolute atomic E-state index is 0.766. The third-order valence-corrected chi connectivity index (χ3v) is 3.13. The number of pyridine rings is 1. The zero-order valence-electron chi connectivity index (χ0n) is 12.0. The van der Waals surface area contributed by atoms with Crippen LogP contribution < -0.4 is 10.6 Å². The summed E-state index contributed by atoms with van der Waals surface area (Å²) in [5.74, 6) is 1.62. The van der Waals surface area contributed by atoms with Crippen molar-refractivity contribution in [2.24, 2.45) is 0 Å². The van der Waals surface area contributed by atoms with Crippen LogP contribution in [0.5, 0.6) is 0 Å². The maximum atomic E-state index is 4.57. The molecule has 6 heteroatoms. The van der Waals surface area contributed by atoms with Gasteiger partial charge in [-0.3, -0.25) is 4.98 Å². The van der Waals surface area contributed by atoms with Crippen LogP contribution in [0, 0.1) is 0 Å². The van der Waals surface area contributed by atoms with Crippen molar-refractivity contribution in [1.29, 1.82) is 0 Å². The van der Waals surface area contributed by atoms with E-state index in [2.05, 4.69) is 25.6 Å². The lowest BCUT2D eigenvalue weighted by molar-refractivity contribution is 0.950. The van der Waals surface area contributed by atoms with Crippen LogP contribution in [0.15, 0.2) is 43.0 Å². The Hall–Kier alpha value is -2.63. The van der Waals surface area contributed by atoms with Crippen LogP contribution in [0.3, 0.4) is 0 Å². The molecule has 0 fully saturated rings. The predicted molar refractivity (Wildman–Crippen MR) is 83.6 cm³/mol. The fourth-order valence-electron chi connectivity index (χ4n) is 2.17. The molecule has 108 valence electrons. The van der Waals surface area contributed by atoms with Crippen LogP contribution in [0.2, 0.25) is 0 Å². The second kappa shape index (κ2) is 6.21. The largest absolute Gasteiger partial charge is 0.369 e. The lowest BCUT2D eigenvalue weighted by Crippen LogP contribution is -2.10. The maximum Gasteiger partial charge on any atom is 0.180 e. The number of nitrogens with one attached hydrogen (secondary N) is 2. The molecule has 0 aliphatic rings. The maximum absolute atomic E-state index is 4.57. The van der Waals surface area contributed by atoms with Gasteiger partial charge in [-0.15, -0.1) is 0 Å². The highest BCUT2D eigenvalue weighted by Crippen LogP contribution is 2.16. The summed E-state index contributed by atoms with van der Waals surface area (Å²) in [5, 5.41) is 6.57. The molecule has 3 aromatic heterocycles. The average Bonchev–Trinajstić information content (AvgIpc) is 2.97.